The molecule has 0 saturated heterocycles. The van der Waals surface area contributed by atoms with E-state index in [1.54, 1.807) is 25.1 Å². The van der Waals surface area contributed by atoms with Crippen LogP contribution in [0.15, 0.2) is 35.2 Å². The normalized spacial score (nSPS) is 11.5. The van der Waals surface area contributed by atoms with E-state index in [1.807, 2.05) is 0 Å². The molecule has 0 aliphatic heterocycles. The van der Waals surface area contributed by atoms with Crippen LogP contribution >= 0.6 is 0 Å². The summed E-state index contributed by atoms with van der Waals surface area (Å²) in [5.74, 6) is -0.132. The monoisotopic (exact) mass is 635 g/mol. The van der Waals surface area contributed by atoms with Crippen LogP contribution < -0.4 is 0 Å². The van der Waals surface area contributed by atoms with Crippen LogP contribution in [0.4, 0.5) is 0 Å². The first-order valence-electron chi connectivity index (χ1n) is 16.7. The number of rotatable bonds is 24. The molecule has 0 atom stereocenters. The minimum atomic E-state index is -4.00. The number of benzene rings is 1. The van der Waals surface area contributed by atoms with E-state index >= 15 is 0 Å². The Morgan fingerprint density at radius 2 is 0.833 bits per heavy atom. The third-order valence-corrected chi connectivity index (χ3v) is 8.78. The zero-order valence-corrected chi connectivity index (χ0v) is 29.1. The van der Waals surface area contributed by atoms with Crippen molar-refractivity contribution in [1.29, 1.82) is 0 Å². The highest BCUT2D eigenvalue weighted by Gasteiger charge is 2.06. The van der Waals surface area contributed by atoms with Crippen LogP contribution in [0.1, 0.15) is 150 Å². The lowest BCUT2D eigenvalue weighted by Gasteiger charge is -2.22. The number of hydrogen-bond acceptors (Lipinski definition) is 5. The Morgan fingerprint density at radius 3 is 1.07 bits per heavy atom. The van der Waals surface area contributed by atoms with Crippen molar-refractivity contribution in [2.75, 3.05) is 25.4 Å². The van der Waals surface area contributed by atoms with Gasteiger partial charge < -0.3 is 4.90 Å². The molecular formula is C33H65NO6S2. The molecule has 0 spiro atoms. The van der Waals surface area contributed by atoms with Crippen LogP contribution in [0.25, 0.3) is 0 Å². The van der Waals surface area contributed by atoms with Gasteiger partial charge in [0.2, 0.25) is 0 Å². The van der Waals surface area contributed by atoms with Crippen LogP contribution in [0.5, 0.6) is 0 Å². The first-order chi connectivity index (χ1) is 20.0. The molecule has 9 heteroatoms. The molecule has 1 aromatic carbocycles. The predicted molar refractivity (Wildman–Crippen MR) is 180 cm³/mol. The smallest absolute Gasteiger partial charge is 0.294 e. The lowest BCUT2D eigenvalue weighted by molar-refractivity contribution is 0.254. The summed E-state index contributed by atoms with van der Waals surface area (Å²) in [6, 6.07) is 7.42. The minimum Gasteiger partial charge on any atom is -0.303 e. The Balaban J connectivity index is 0. The molecule has 0 aromatic heterocycles. The second kappa shape index (κ2) is 30.0. The third kappa shape index (κ3) is 33.5. The Labute approximate surface area is 260 Å². The van der Waals surface area contributed by atoms with Gasteiger partial charge in [-0.3, -0.25) is 9.11 Å². The van der Waals surface area contributed by atoms with Crippen molar-refractivity contribution in [3.63, 3.8) is 0 Å². The molecule has 2 N–H and O–H groups in total. The molecule has 0 radical (unpaired) electrons. The van der Waals surface area contributed by atoms with E-state index in [0.717, 1.165) is 0 Å². The lowest BCUT2D eigenvalue weighted by Crippen LogP contribution is -2.27. The van der Waals surface area contributed by atoms with Crippen molar-refractivity contribution in [2.45, 2.75) is 155 Å². The lowest BCUT2D eigenvalue weighted by atomic mass is 10.1. The van der Waals surface area contributed by atoms with Crippen molar-refractivity contribution in [2.24, 2.45) is 0 Å². The second-order valence-electron chi connectivity index (χ2n) is 11.2. The Bertz CT molecular complexity index is 854. The first kappa shape index (κ1) is 43.1. The summed E-state index contributed by atoms with van der Waals surface area (Å²) in [7, 11) is -7.68. The van der Waals surface area contributed by atoms with Crippen molar-refractivity contribution in [1.82, 2.24) is 4.90 Å². The van der Waals surface area contributed by atoms with Gasteiger partial charge in [0.1, 0.15) is 0 Å². The van der Waals surface area contributed by atoms with Gasteiger partial charge in [-0.05, 0) is 57.5 Å². The maximum Gasteiger partial charge on any atom is 0.294 e. The van der Waals surface area contributed by atoms with Crippen molar-refractivity contribution in [3.8, 4) is 0 Å². The van der Waals surface area contributed by atoms with Crippen LogP contribution in [0, 0.1) is 0 Å². The molecule has 0 bridgehead atoms. The minimum absolute atomic E-state index is 0.0741. The summed E-state index contributed by atoms with van der Waals surface area (Å²) >= 11 is 0. The number of nitrogens with zero attached hydrogens (tertiary/aromatic N) is 1. The van der Waals surface area contributed by atoms with Gasteiger partial charge in [-0.2, -0.15) is 16.8 Å². The Morgan fingerprint density at radius 1 is 0.500 bits per heavy atom. The van der Waals surface area contributed by atoms with Gasteiger partial charge in [-0.15, -0.1) is 0 Å². The molecule has 42 heavy (non-hydrogen) atoms. The molecule has 7 nitrogen and oxygen atoms in total. The fraction of sp³-hybridized carbons (Fsp3) is 0.818. The maximum absolute atomic E-state index is 10.4. The summed E-state index contributed by atoms with van der Waals surface area (Å²) in [6.07, 6.45) is 26.2. The molecule has 250 valence electrons. The Hall–Kier alpha value is -1.00. The van der Waals surface area contributed by atoms with Crippen LogP contribution in [-0.2, 0) is 20.2 Å². The highest BCUT2D eigenvalue weighted by molar-refractivity contribution is 7.86. The van der Waals surface area contributed by atoms with Gasteiger partial charge in [-0.1, -0.05) is 142 Å². The molecule has 1 aromatic rings. The van der Waals surface area contributed by atoms with Gasteiger partial charge in [0, 0.05) is 0 Å². The molecule has 0 saturated carbocycles. The first-order valence-corrected chi connectivity index (χ1v) is 19.8. The van der Waals surface area contributed by atoms with E-state index in [-0.39, 0.29) is 10.6 Å². The quantitative estimate of drug-likeness (QED) is 0.0859. The van der Waals surface area contributed by atoms with E-state index < -0.39 is 20.2 Å². The van der Waals surface area contributed by atoms with E-state index in [4.69, 9.17) is 9.11 Å². The summed E-state index contributed by atoms with van der Waals surface area (Å²) < 4.78 is 56.8. The van der Waals surface area contributed by atoms with Gasteiger partial charge in [0.05, 0.1) is 10.6 Å². The topological polar surface area (TPSA) is 112 Å². The standard InChI is InChI=1S/C24H51N.C6H6O3S.C3H8O3S/c1-4-7-10-13-16-19-22-25(23-20-17-14-11-8-5-2)24-21-18-15-12-9-6-3;7-10(8,9)6-4-2-1-3-5-6;1-2-3-7(4,5)6/h4-24H2,1-3H3;1-5H,(H,7,8,9);2-3H2,1H3,(H,4,5,6). The zero-order chi connectivity index (χ0) is 32.0. The highest BCUT2D eigenvalue weighted by atomic mass is 32.2. The van der Waals surface area contributed by atoms with Gasteiger partial charge in [0.25, 0.3) is 20.2 Å². The van der Waals surface area contributed by atoms with Crippen molar-refractivity contribution in [3.05, 3.63) is 30.3 Å². The molecule has 1 rings (SSSR count). The fourth-order valence-corrected chi connectivity index (χ4v) is 5.55. The Kier molecular flexibility index (Phi) is 30.9. The molecule has 0 heterocycles. The van der Waals surface area contributed by atoms with Crippen LogP contribution in [0.2, 0.25) is 0 Å². The van der Waals surface area contributed by atoms with Gasteiger partial charge >= 0.3 is 0 Å². The molecule has 0 aliphatic carbocycles. The van der Waals surface area contributed by atoms with Crippen molar-refractivity contribution < 1.29 is 25.9 Å². The van der Waals surface area contributed by atoms with Crippen molar-refractivity contribution >= 4 is 20.2 Å². The van der Waals surface area contributed by atoms with Gasteiger partial charge in [-0.25, -0.2) is 0 Å². The average molecular weight is 636 g/mol. The molecule has 0 fully saturated rings. The summed E-state index contributed by atoms with van der Waals surface area (Å²) in [5, 5.41) is 0. The number of unbranched alkanes of at least 4 members (excludes halogenated alkanes) is 15. The fourth-order valence-electron chi connectivity index (χ4n) is 4.53. The van der Waals surface area contributed by atoms with E-state index in [1.165, 1.54) is 147 Å². The molecule has 0 aliphatic rings. The maximum atomic E-state index is 10.4. The predicted octanol–water partition coefficient (Wildman–Crippen LogP) is 9.59. The summed E-state index contributed by atoms with van der Waals surface area (Å²) in [6.45, 7) is 12.7. The molecule has 0 amide bonds. The SMILES string of the molecule is CCCCCCCCN(CCCCCCCC)CCCCCCCC.CCCS(=O)(=O)O.O=S(=O)(O)c1ccccc1. The van der Waals surface area contributed by atoms with Crippen LogP contribution in [0.3, 0.4) is 0 Å². The third-order valence-electron chi connectivity index (χ3n) is 6.99. The summed E-state index contributed by atoms with van der Waals surface area (Å²) in [5.41, 5.74) is 0. The molecular weight excluding hydrogens is 570 g/mol. The van der Waals surface area contributed by atoms with Crippen LogP contribution in [-0.4, -0.2) is 56.2 Å². The van der Waals surface area contributed by atoms with E-state index in [9.17, 15) is 16.8 Å². The largest absolute Gasteiger partial charge is 0.303 e. The molecule has 0 unspecified atom stereocenters. The highest BCUT2D eigenvalue weighted by Crippen LogP contribution is 2.11. The van der Waals surface area contributed by atoms with E-state index in [2.05, 4.69) is 25.7 Å². The summed E-state index contributed by atoms with van der Waals surface area (Å²) in [4.78, 5) is 2.72. The zero-order valence-electron chi connectivity index (χ0n) is 27.4. The second-order valence-corrected chi connectivity index (χ2v) is 14.2. The van der Waals surface area contributed by atoms with E-state index in [0.29, 0.717) is 6.42 Å². The van der Waals surface area contributed by atoms with Gasteiger partial charge in [0.15, 0.2) is 0 Å². The number of hydrogen-bond donors (Lipinski definition) is 2. The average Bonchev–Trinajstić information content (AvgIpc) is 2.94.